The van der Waals surface area contributed by atoms with Crippen LogP contribution >= 0.6 is 0 Å². The molecule has 0 bridgehead atoms. The molecule has 1 fully saturated rings. The van der Waals surface area contributed by atoms with E-state index in [0.717, 1.165) is 39.3 Å². The van der Waals surface area contributed by atoms with Crippen molar-refractivity contribution in [3.8, 4) is 0 Å². The summed E-state index contributed by atoms with van der Waals surface area (Å²) in [6.45, 7) is 5.15. The number of rotatable bonds is 6. The fourth-order valence-corrected chi connectivity index (χ4v) is 1.87. The molecule has 1 heterocycles. The van der Waals surface area contributed by atoms with Crippen molar-refractivity contribution in [3.05, 3.63) is 24.3 Å². The number of carbonyl (C=O) groups excluding carboxylic acids is 2. The molecule has 0 aromatic heterocycles. The van der Waals surface area contributed by atoms with Crippen LogP contribution in [0, 0.1) is 0 Å². The summed E-state index contributed by atoms with van der Waals surface area (Å²) in [4.78, 5) is 26.3. The smallest absolute Gasteiger partial charge is 0.257 e. The van der Waals surface area contributed by atoms with Crippen LogP contribution in [0.4, 0.5) is 0 Å². The van der Waals surface area contributed by atoms with Crippen LogP contribution in [0.5, 0.6) is 0 Å². The van der Waals surface area contributed by atoms with Crippen molar-refractivity contribution < 1.29 is 9.59 Å². The van der Waals surface area contributed by atoms with Gasteiger partial charge in [-0.05, 0) is 0 Å². The van der Waals surface area contributed by atoms with Crippen molar-refractivity contribution in [2.24, 2.45) is 11.7 Å². The molecule has 1 rings (SSSR count). The lowest BCUT2D eigenvalue weighted by Gasteiger charge is -2.33. The first-order chi connectivity index (χ1) is 9.65. The topological polar surface area (TPSA) is 117 Å². The van der Waals surface area contributed by atoms with Gasteiger partial charge in [-0.15, -0.1) is 0 Å². The first kappa shape index (κ1) is 16.3. The average Bonchev–Trinajstić information content (AvgIpc) is 2.48. The van der Waals surface area contributed by atoms with Gasteiger partial charge in [-0.1, -0.05) is 12.2 Å². The van der Waals surface area contributed by atoms with Crippen LogP contribution < -0.4 is 22.5 Å². The number of nitrogens with one attached hydrogen (secondary N) is 2. The molecule has 1 saturated heterocycles. The Hall–Kier alpha value is -1.74. The van der Waals surface area contributed by atoms with Gasteiger partial charge in [-0.2, -0.15) is 0 Å². The quantitative estimate of drug-likeness (QED) is 0.188. The van der Waals surface area contributed by atoms with E-state index in [4.69, 9.17) is 11.7 Å². The summed E-state index contributed by atoms with van der Waals surface area (Å²) in [6.07, 6.45) is 6.45. The molecular formula is C12H22N6O2. The molecule has 8 nitrogen and oxygen atoms in total. The highest BCUT2D eigenvalue weighted by molar-refractivity contribution is 5.87. The Balaban J connectivity index is 2.20. The Morgan fingerprint density at radius 1 is 0.850 bits per heavy atom. The lowest BCUT2D eigenvalue weighted by atomic mass is 10.3. The van der Waals surface area contributed by atoms with Crippen molar-refractivity contribution in [1.82, 2.24) is 20.7 Å². The molecule has 0 radical (unpaired) electrons. The largest absolute Gasteiger partial charge is 0.297 e. The number of piperazine rings is 1. The van der Waals surface area contributed by atoms with Gasteiger partial charge in [0.25, 0.3) is 11.8 Å². The van der Waals surface area contributed by atoms with Crippen molar-refractivity contribution in [2.45, 2.75) is 0 Å². The molecule has 0 aromatic rings. The monoisotopic (exact) mass is 282 g/mol. The molecule has 0 atom stereocenters. The highest BCUT2D eigenvalue weighted by Gasteiger charge is 2.14. The first-order valence-corrected chi connectivity index (χ1v) is 6.44. The van der Waals surface area contributed by atoms with Gasteiger partial charge >= 0.3 is 0 Å². The number of hydrogen-bond donors (Lipinski definition) is 4. The molecule has 0 spiro atoms. The van der Waals surface area contributed by atoms with Gasteiger partial charge in [0, 0.05) is 51.4 Å². The Bertz CT molecular complexity index is 338. The SMILES string of the molecule is NNC(=O)C=CCN1CCN(CC=CC(=O)NN)CC1. The van der Waals surface area contributed by atoms with E-state index in [1.54, 1.807) is 12.2 Å². The first-order valence-electron chi connectivity index (χ1n) is 6.44. The lowest BCUT2D eigenvalue weighted by molar-refractivity contribution is -0.117. The molecule has 1 aliphatic rings. The van der Waals surface area contributed by atoms with Crippen LogP contribution in [-0.2, 0) is 9.59 Å². The van der Waals surface area contributed by atoms with Gasteiger partial charge in [0.05, 0.1) is 0 Å². The van der Waals surface area contributed by atoms with E-state index in [1.165, 1.54) is 12.2 Å². The van der Waals surface area contributed by atoms with Crippen molar-refractivity contribution in [3.63, 3.8) is 0 Å². The van der Waals surface area contributed by atoms with E-state index in [1.807, 2.05) is 10.9 Å². The molecule has 0 unspecified atom stereocenters. The summed E-state index contributed by atoms with van der Waals surface area (Å²) in [7, 11) is 0. The third kappa shape index (κ3) is 6.43. The third-order valence-electron chi connectivity index (χ3n) is 3.02. The molecule has 6 N–H and O–H groups in total. The molecule has 0 aliphatic carbocycles. The van der Waals surface area contributed by atoms with Crippen molar-refractivity contribution >= 4 is 11.8 Å². The van der Waals surface area contributed by atoms with Gasteiger partial charge in [-0.25, -0.2) is 11.7 Å². The Morgan fingerprint density at radius 3 is 1.50 bits per heavy atom. The number of hydrazine groups is 2. The predicted molar refractivity (Wildman–Crippen MR) is 75.8 cm³/mol. The van der Waals surface area contributed by atoms with Gasteiger partial charge in [0.1, 0.15) is 0 Å². The van der Waals surface area contributed by atoms with E-state index in [-0.39, 0.29) is 11.8 Å². The van der Waals surface area contributed by atoms with Crippen LogP contribution in [-0.4, -0.2) is 60.9 Å². The molecule has 112 valence electrons. The fourth-order valence-electron chi connectivity index (χ4n) is 1.87. The van der Waals surface area contributed by atoms with Crippen LogP contribution in [0.3, 0.4) is 0 Å². The maximum Gasteiger partial charge on any atom is 0.257 e. The normalized spacial score (nSPS) is 17.7. The zero-order valence-electron chi connectivity index (χ0n) is 11.4. The molecule has 20 heavy (non-hydrogen) atoms. The molecule has 0 aromatic carbocycles. The van der Waals surface area contributed by atoms with Crippen molar-refractivity contribution in [2.75, 3.05) is 39.3 Å². The zero-order valence-corrected chi connectivity index (χ0v) is 11.4. The summed E-state index contributed by atoms with van der Waals surface area (Å²) in [6, 6.07) is 0. The summed E-state index contributed by atoms with van der Waals surface area (Å²) in [5.41, 5.74) is 4.09. The van der Waals surface area contributed by atoms with Crippen molar-refractivity contribution in [1.29, 1.82) is 0 Å². The lowest BCUT2D eigenvalue weighted by Crippen LogP contribution is -2.46. The van der Waals surface area contributed by atoms with Gasteiger partial charge in [0.15, 0.2) is 0 Å². The minimum atomic E-state index is -0.299. The Labute approximate surface area is 118 Å². The Kier molecular flexibility index (Phi) is 7.51. The molecule has 8 heteroatoms. The highest BCUT2D eigenvalue weighted by Crippen LogP contribution is 2.01. The van der Waals surface area contributed by atoms with Gasteiger partial charge in [-0.3, -0.25) is 30.2 Å². The summed E-state index contributed by atoms with van der Waals surface area (Å²) in [5, 5.41) is 0. The Morgan fingerprint density at radius 2 is 1.20 bits per heavy atom. The highest BCUT2D eigenvalue weighted by atomic mass is 16.2. The van der Waals surface area contributed by atoms with E-state index < -0.39 is 0 Å². The molecule has 1 aliphatic heterocycles. The maximum atomic E-state index is 10.9. The number of amides is 2. The minimum absolute atomic E-state index is 0.299. The standard InChI is InChI=1S/C12H22N6O2/c13-15-11(19)3-1-5-17-7-9-18(10-8-17)6-2-4-12(20)16-14/h1-4H,5-10,13-14H2,(H,15,19)(H,16,20). The second-order valence-electron chi connectivity index (χ2n) is 4.42. The summed E-state index contributed by atoms with van der Waals surface area (Å²) < 4.78 is 0. The minimum Gasteiger partial charge on any atom is -0.297 e. The number of hydrogen-bond acceptors (Lipinski definition) is 6. The maximum absolute atomic E-state index is 10.9. The van der Waals surface area contributed by atoms with Crippen LogP contribution in [0.2, 0.25) is 0 Å². The van der Waals surface area contributed by atoms with E-state index in [0.29, 0.717) is 0 Å². The second kappa shape index (κ2) is 9.21. The fraction of sp³-hybridized carbons (Fsp3) is 0.500. The average molecular weight is 282 g/mol. The van der Waals surface area contributed by atoms with Crippen LogP contribution in [0.25, 0.3) is 0 Å². The summed E-state index contributed by atoms with van der Waals surface area (Å²) in [5.74, 6) is 9.35. The van der Waals surface area contributed by atoms with E-state index >= 15 is 0 Å². The molecule has 2 amide bonds. The van der Waals surface area contributed by atoms with E-state index in [9.17, 15) is 9.59 Å². The number of carbonyl (C=O) groups is 2. The predicted octanol–water partition coefficient (Wildman–Crippen LogP) is -2.30. The van der Waals surface area contributed by atoms with Gasteiger partial charge < -0.3 is 0 Å². The zero-order chi connectivity index (χ0) is 14.8. The molecule has 0 saturated carbocycles. The van der Waals surface area contributed by atoms with Crippen LogP contribution in [0.15, 0.2) is 24.3 Å². The van der Waals surface area contributed by atoms with Crippen LogP contribution in [0.1, 0.15) is 0 Å². The second-order valence-corrected chi connectivity index (χ2v) is 4.42. The van der Waals surface area contributed by atoms with E-state index in [2.05, 4.69) is 9.80 Å². The number of nitrogens with zero attached hydrogens (tertiary/aromatic N) is 2. The number of nitrogens with two attached hydrogens (primary N) is 2. The summed E-state index contributed by atoms with van der Waals surface area (Å²) >= 11 is 0. The third-order valence-corrected chi connectivity index (χ3v) is 3.02. The van der Waals surface area contributed by atoms with Gasteiger partial charge in [0.2, 0.25) is 0 Å². The molecular weight excluding hydrogens is 260 g/mol.